The van der Waals surface area contributed by atoms with E-state index >= 15 is 0 Å². The summed E-state index contributed by atoms with van der Waals surface area (Å²) in [5, 5.41) is 4.66. The Kier molecular flexibility index (Phi) is 10.7. The summed E-state index contributed by atoms with van der Waals surface area (Å²) in [7, 11) is 1.67. The van der Waals surface area contributed by atoms with E-state index in [4.69, 9.17) is 15.5 Å². The minimum absolute atomic E-state index is 0. The van der Waals surface area contributed by atoms with Crippen LogP contribution in [0.3, 0.4) is 0 Å². The molecule has 1 unspecified atom stereocenters. The molecule has 8 heteroatoms. The molecular weight excluding hydrogens is 455 g/mol. The number of aromatic amines is 1. The lowest BCUT2D eigenvalue weighted by Crippen LogP contribution is -2.15. The van der Waals surface area contributed by atoms with Crippen molar-refractivity contribution in [3.8, 4) is 17.0 Å². The lowest BCUT2D eigenvalue weighted by atomic mass is 10.1. The van der Waals surface area contributed by atoms with Gasteiger partial charge < -0.3 is 20.8 Å². The van der Waals surface area contributed by atoms with Crippen LogP contribution in [-0.2, 0) is 0 Å². The highest BCUT2D eigenvalue weighted by Gasteiger charge is 2.10. The Morgan fingerprint density at radius 1 is 1.03 bits per heavy atom. The number of nitrogens with two attached hydrogens (primary N) is 1. The van der Waals surface area contributed by atoms with Crippen LogP contribution in [0.5, 0.6) is 5.75 Å². The molecule has 0 fully saturated rings. The van der Waals surface area contributed by atoms with Crippen molar-refractivity contribution >= 4 is 53.8 Å². The number of fused-ring (bicyclic) bond motifs is 1. The molecule has 2 heterocycles. The summed E-state index contributed by atoms with van der Waals surface area (Å²) in [4.78, 5) is 7.89. The monoisotopic (exact) mass is 480 g/mol. The summed E-state index contributed by atoms with van der Waals surface area (Å²) in [6, 6.07) is 20.3. The van der Waals surface area contributed by atoms with Gasteiger partial charge in [-0.1, -0.05) is 18.2 Å². The van der Waals surface area contributed by atoms with E-state index in [2.05, 4.69) is 22.4 Å². The number of aromatic nitrogens is 2. The quantitative estimate of drug-likeness (QED) is 0.302. The molecule has 2 aromatic heterocycles. The summed E-state index contributed by atoms with van der Waals surface area (Å²) in [5.74, 6) is 0.835. The second-order valence-corrected chi connectivity index (χ2v) is 6.77. The Morgan fingerprint density at radius 3 is 2.45 bits per heavy atom. The SMILES string of the molecule is COc1ccc(-c2cc(NCCC(N)c3cc[nH]c3)c3ccccc3n2)cc1.Cl.Cl.Cl. The van der Waals surface area contributed by atoms with Crippen molar-refractivity contribution in [3.05, 3.63) is 78.6 Å². The summed E-state index contributed by atoms with van der Waals surface area (Å²) in [6.07, 6.45) is 4.70. The summed E-state index contributed by atoms with van der Waals surface area (Å²) in [6.45, 7) is 0.780. The molecule has 0 aliphatic carbocycles. The van der Waals surface area contributed by atoms with Crippen molar-refractivity contribution in [1.29, 1.82) is 0 Å². The molecular formula is C23H27Cl3N4O. The molecule has 0 aliphatic rings. The molecule has 4 aromatic rings. The van der Waals surface area contributed by atoms with Crippen molar-refractivity contribution < 1.29 is 4.74 Å². The van der Waals surface area contributed by atoms with Crippen molar-refractivity contribution in [2.24, 2.45) is 5.73 Å². The number of benzene rings is 2. The van der Waals surface area contributed by atoms with Gasteiger partial charge in [0.1, 0.15) is 5.75 Å². The highest BCUT2D eigenvalue weighted by atomic mass is 35.5. The number of pyridine rings is 1. The molecule has 0 saturated heterocycles. The number of nitrogens with one attached hydrogen (secondary N) is 2. The van der Waals surface area contributed by atoms with Gasteiger partial charge in [-0.3, -0.25) is 0 Å². The summed E-state index contributed by atoms with van der Waals surface area (Å²) >= 11 is 0. The molecule has 4 rings (SSSR count). The van der Waals surface area contributed by atoms with Crippen LogP contribution < -0.4 is 15.8 Å². The van der Waals surface area contributed by atoms with Gasteiger partial charge in [0.2, 0.25) is 0 Å². The van der Waals surface area contributed by atoms with Crippen LogP contribution in [0, 0.1) is 0 Å². The number of hydrogen-bond donors (Lipinski definition) is 3. The minimum Gasteiger partial charge on any atom is -0.497 e. The van der Waals surface area contributed by atoms with Crippen molar-refractivity contribution in [3.63, 3.8) is 0 Å². The topological polar surface area (TPSA) is 76.0 Å². The molecule has 0 aliphatic heterocycles. The van der Waals surface area contributed by atoms with E-state index in [1.54, 1.807) is 7.11 Å². The largest absolute Gasteiger partial charge is 0.497 e. The Balaban J connectivity index is 0.00000160. The van der Waals surface area contributed by atoms with Crippen molar-refractivity contribution in [2.75, 3.05) is 19.0 Å². The first-order valence-corrected chi connectivity index (χ1v) is 9.41. The number of halogens is 3. The third-order valence-electron chi connectivity index (χ3n) is 4.92. The third-order valence-corrected chi connectivity index (χ3v) is 4.92. The van der Waals surface area contributed by atoms with Gasteiger partial charge in [0, 0.05) is 41.6 Å². The first-order valence-electron chi connectivity index (χ1n) is 9.41. The van der Waals surface area contributed by atoms with E-state index in [0.717, 1.165) is 52.1 Å². The fourth-order valence-electron chi connectivity index (χ4n) is 3.33. The van der Waals surface area contributed by atoms with Crippen LogP contribution in [0.1, 0.15) is 18.0 Å². The van der Waals surface area contributed by atoms with Crippen LogP contribution in [-0.4, -0.2) is 23.6 Å². The molecule has 31 heavy (non-hydrogen) atoms. The zero-order valence-corrected chi connectivity index (χ0v) is 19.5. The fraction of sp³-hybridized carbons (Fsp3) is 0.174. The Hall–Kier alpha value is -2.44. The standard InChI is InChI=1S/C23H24N4O.3ClH/c1-28-18-8-6-16(7-9-18)22-14-23(19-4-2-3-5-21(19)27-22)26-13-11-20(24)17-10-12-25-15-17;;;/h2-10,12,14-15,20,25H,11,13,24H2,1H3,(H,26,27);3*1H. The second kappa shape index (κ2) is 12.4. The van der Waals surface area contributed by atoms with E-state index in [1.807, 2.05) is 60.9 Å². The maximum absolute atomic E-state index is 6.28. The van der Waals surface area contributed by atoms with Crippen LogP contribution >= 0.6 is 37.2 Å². The molecule has 0 radical (unpaired) electrons. The highest BCUT2D eigenvalue weighted by Crippen LogP contribution is 2.29. The molecule has 0 bridgehead atoms. The third kappa shape index (κ3) is 6.28. The Bertz CT molecular complexity index is 1060. The number of nitrogens with zero attached hydrogens (tertiary/aromatic N) is 1. The molecule has 4 N–H and O–H groups in total. The average molecular weight is 482 g/mol. The number of ether oxygens (including phenoxy) is 1. The van der Waals surface area contributed by atoms with Gasteiger partial charge in [-0.2, -0.15) is 0 Å². The molecule has 0 spiro atoms. The highest BCUT2D eigenvalue weighted by molar-refractivity contribution is 5.93. The van der Waals surface area contributed by atoms with Crippen LogP contribution in [0.4, 0.5) is 5.69 Å². The van der Waals surface area contributed by atoms with Gasteiger partial charge >= 0.3 is 0 Å². The zero-order valence-electron chi connectivity index (χ0n) is 17.1. The molecule has 0 amide bonds. The van der Waals surface area contributed by atoms with Gasteiger partial charge in [-0.05, 0) is 54.4 Å². The molecule has 1 atom stereocenters. The molecule has 5 nitrogen and oxygen atoms in total. The average Bonchev–Trinajstić information content (AvgIpc) is 3.28. The van der Waals surface area contributed by atoms with Crippen molar-refractivity contribution in [1.82, 2.24) is 9.97 Å². The van der Waals surface area contributed by atoms with Gasteiger partial charge in [-0.15, -0.1) is 37.2 Å². The predicted molar refractivity (Wildman–Crippen MR) is 136 cm³/mol. The number of hydrogen-bond acceptors (Lipinski definition) is 4. The van der Waals surface area contributed by atoms with E-state index in [1.165, 1.54) is 0 Å². The van der Waals surface area contributed by atoms with Crippen LogP contribution in [0.15, 0.2) is 73.1 Å². The number of para-hydroxylation sites is 1. The lowest BCUT2D eigenvalue weighted by molar-refractivity contribution is 0.415. The van der Waals surface area contributed by atoms with Crippen LogP contribution in [0.25, 0.3) is 22.2 Å². The van der Waals surface area contributed by atoms with Gasteiger partial charge in [0.25, 0.3) is 0 Å². The molecule has 166 valence electrons. The molecule has 2 aromatic carbocycles. The van der Waals surface area contributed by atoms with Gasteiger partial charge in [-0.25, -0.2) is 4.98 Å². The number of methoxy groups -OCH3 is 1. The second-order valence-electron chi connectivity index (χ2n) is 6.77. The van der Waals surface area contributed by atoms with E-state index in [9.17, 15) is 0 Å². The fourth-order valence-corrected chi connectivity index (χ4v) is 3.33. The van der Waals surface area contributed by atoms with E-state index in [-0.39, 0.29) is 43.3 Å². The number of rotatable bonds is 7. The van der Waals surface area contributed by atoms with Gasteiger partial charge in [0.15, 0.2) is 0 Å². The maximum Gasteiger partial charge on any atom is 0.118 e. The lowest BCUT2D eigenvalue weighted by Gasteiger charge is -2.14. The van der Waals surface area contributed by atoms with E-state index < -0.39 is 0 Å². The zero-order chi connectivity index (χ0) is 19.3. The first kappa shape index (κ1) is 26.6. The minimum atomic E-state index is 0. The Labute approximate surface area is 201 Å². The maximum atomic E-state index is 6.28. The van der Waals surface area contributed by atoms with Gasteiger partial charge in [0.05, 0.1) is 18.3 Å². The summed E-state index contributed by atoms with van der Waals surface area (Å²) < 4.78 is 5.26. The van der Waals surface area contributed by atoms with Crippen LogP contribution in [0.2, 0.25) is 0 Å². The Morgan fingerprint density at radius 2 is 1.77 bits per heavy atom. The smallest absolute Gasteiger partial charge is 0.118 e. The predicted octanol–water partition coefficient (Wildman–Crippen LogP) is 6.01. The van der Waals surface area contributed by atoms with Crippen molar-refractivity contribution in [2.45, 2.75) is 12.5 Å². The first-order chi connectivity index (χ1) is 13.7. The number of anilines is 1. The normalized spacial score (nSPS) is 10.9. The van der Waals surface area contributed by atoms with E-state index in [0.29, 0.717) is 0 Å². The summed E-state index contributed by atoms with van der Waals surface area (Å²) in [5.41, 5.74) is 11.4. The number of H-pyrrole nitrogens is 1. The molecule has 0 saturated carbocycles.